The van der Waals surface area contributed by atoms with Crippen LogP contribution in [0.15, 0.2) is 36.5 Å². The minimum Gasteiger partial charge on any atom is -0.255 e. The number of nitrogens with zero attached hydrogens (tertiary/aromatic N) is 1. The highest BCUT2D eigenvalue weighted by Gasteiger charge is 2.18. The van der Waals surface area contributed by atoms with E-state index in [1.54, 1.807) is 12.3 Å². The summed E-state index contributed by atoms with van der Waals surface area (Å²) < 4.78 is 26.3. The maximum absolute atomic E-state index is 13.3. The van der Waals surface area contributed by atoms with Gasteiger partial charge in [0, 0.05) is 23.2 Å². The summed E-state index contributed by atoms with van der Waals surface area (Å²) in [6.45, 7) is 2.25. The topological polar surface area (TPSA) is 12.9 Å². The summed E-state index contributed by atoms with van der Waals surface area (Å²) in [7, 11) is 0. The van der Waals surface area contributed by atoms with E-state index in [4.69, 9.17) is 0 Å². The van der Waals surface area contributed by atoms with Crippen molar-refractivity contribution in [2.45, 2.75) is 45.4 Å². The van der Waals surface area contributed by atoms with Gasteiger partial charge in [-0.15, -0.1) is 0 Å². The van der Waals surface area contributed by atoms with Crippen molar-refractivity contribution in [3.05, 3.63) is 53.7 Å². The molecule has 1 fully saturated rings. The molecule has 1 nitrogen and oxygen atoms in total. The molecule has 1 aromatic heterocycles. The molecule has 0 N–H and O–H groups in total. The van der Waals surface area contributed by atoms with Gasteiger partial charge in [0.15, 0.2) is 11.6 Å². The van der Waals surface area contributed by atoms with Gasteiger partial charge in [0.05, 0.1) is 5.69 Å². The lowest BCUT2D eigenvalue weighted by Gasteiger charge is -2.25. The molecule has 0 atom stereocenters. The van der Waals surface area contributed by atoms with Crippen molar-refractivity contribution in [1.82, 2.24) is 4.98 Å². The Morgan fingerprint density at radius 1 is 1.04 bits per heavy atom. The molecule has 1 aliphatic rings. The van der Waals surface area contributed by atoms with Crippen molar-refractivity contribution < 1.29 is 8.78 Å². The molecule has 0 saturated heterocycles. The molecule has 0 spiro atoms. The molecule has 3 rings (SSSR count). The highest BCUT2D eigenvalue weighted by atomic mass is 19.2. The number of aromatic nitrogens is 1. The first-order valence-corrected chi connectivity index (χ1v) is 9.08. The molecule has 0 unspecified atom stereocenters. The standard InChI is InChI=1S/C22H23F2N/c1-2-3-16-4-6-17(7-5-16)8-9-18-10-13-22(25-15-18)19-11-12-20(23)21(24)14-19/h10-17H,2-7H2,1H3/t16-,17-. The molecule has 0 bridgehead atoms. The number of hydrogen-bond donors (Lipinski definition) is 0. The second kappa shape index (κ2) is 8.25. The minimum atomic E-state index is -0.859. The van der Waals surface area contributed by atoms with Crippen LogP contribution in [0.3, 0.4) is 0 Å². The predicted octanol–water partition coefficient (Wildman–Crippen LogP) is 5.98. The molecule has 25 heavy (non-hydrogen) atoms. The van der Waals surface area contributed by atoms with Gasteiger partial charge in [0.25, 0.3) is 0 Å². The van der Waals surface area contributed by atoms with Crippen molar-refractivity contribution >= 4 is 0 Å². The predicted molar refractivity (Wildman–Crippen MR) is 96.8 cm³/mol. The van der Waals surface area contributed by atoms with Gasteiger partial charge in [-0.05, 0) is 61.9 Å². The van der Waals surface area contributed by atoms with E-state index in [2.05, 4.69) is 23.7 Å². The second-order valence-corrected chi connectivity index (χ2v) is 6.84. The third-order valence-corrected chi connectivity index (χ3v) is 4.94. The van der Waals surface area contributed by atoms with Gasteiger partial charge < -0.3 is 0 Å². The Hall–Kier alpha value is -2.21. The lowest BCUT2D eigenvalue weighted by molar-refractivity contribution is 0.300. The van der Waals surface area contributed by atoms with E-state index in [0.717, 1.165) is 23.6 Å². The highest BCUT2D eigenvalue weighted by Crippen LogP contribution is 2.31. The number of halogens is 2. The molecule has 1 heterocycles. The normalized spacial score (nSPS) is 20.0. The number of pyridine rings is 1. The molecule has 1 saturated carbocycles. The Labute approximate surface area is 148 Å². The SMILES string of the molecule is CCC[C@H]1CC[C@H](C#Cc2ccc(-c3ccc(F)c(F)c3)nc2)CC1. The summed E-state index contributed by atoms with van der Waals surface area (Å²) in [5.41, 5.74) is 2.04. The Morgan fingerprint density at radius 3 is 2.48 bits per heavy atom. The van der Waals surface area contributed by atoms with Crippen molar-refractivity contribution in [2.75, 3.05) is 0 Å². The third kappa shape index (κ3) is 4.66. The van der Waals surface area contributed by atoms with E-state index in [1.807, 2.05) is 6.07 Å². The fraction of sp³-hybridized carbons (Fsp3) is 0.409. The van der Waals surface area contributed by atoms with Crippen molar-refractivity contribution in [2.24, 2.45) is 11.8 Å². The first-order chi connectivity index (χ1) is 12.2. The molecule has 1 aliphatic carbocycles. The zero-order chi connectivity index (χ0) is 17.6. The maximum Gasteiger partial charge on any atom is 0.159 e. The van der Waals surface area contributed by atoms with Crippen LogP contribution in [-0.2, 0) is 0 Å². The zero-order valence-electron chi connectivity index (χ0n) is 14.6. The van der Waals surface area contributed by atoms with Gasteiger partial charge in [-0.1, -0.05) is 31.6 Å². The van der Waals surface area contributed by atoms with Gasteiger partial charge >= 0.3 is 0 Å². The van der Waals surface area contributed by atoms with Gasteiger partial charge in [-0.3, -0.25) is 4.98 Å². The number of hydrogen-bond acceptors (Lipinski definition) is 1. The van der Waals surface area contributed by atoms with Crippen LogP contribution < -0.4 is 0 Å². The lowest BCUT2D eigenvalue weighted by atomic mass is 9.80. The summed E-state index contributed by atoms with van der Waals surface area (Å²) in [6.07, 6.45) is 9.29. The van der Waals surface area contributed by atoms with Crippen LogP contribution in [-0.4, -0.2) is 4.98 Å². The molecule has 3 heteroatoms. The molecule has 0 amide bonds. The Bertz CT molecular complexity index is 763. The van der Waals surface area contributed by atoms with Gasteiger partial charge in [0.2, 0.25) is 0 Å². The second-order valence-electron chi connectivity index (χ2n) is 6.84. The molecule has 0 aliphatic heterocycles. The van der Waals surface area contributed by atoms with Crippen LogP contribution >= 0.6 is 0 Å². The number of benzene rings is 1. The summed E-state index contributed by atoms with van der Waals surface area (Å²) >= 11 is 0. The average molecular weight is 339 g/mol. The van der Waals surface area contributed by atoms with E-state index >= 15 is 0 Å². The highest BCUT2D eigenvalue weighted by molar-refractivity contribution is 5.59. The van der Waals surface area contributed by atoms with Gasteiger partial charge in [-0.25, -0.2) is 8.78 Å². The largest absolute Gasteiger partial charge is 0.255 e. The third-order valence-electron chi connectivity index (χ3n) is 4.94. The van der Waals surface area contributed by atoms with Crippen LogP contribution in [0.4, 0.5) is 8.78 Å². The Morgan fingerprint density at radius 2 is 1.84 bits per heavy atom. The summed E-state index contributed by atoms with van der Waals surface area (Å²) in [6, 6.07) is 7.50. The van der Waals surface area contributed by atoms with Crippen LogP contribution in [0.5, 0.6) is 0 Å². The Kier molecular flexibility index (Phi) is 5.81. The van der Waals surface area contributed by atoms with E-state index < -0.39 is 11.6 Å². The first-order valence-electron chi connectivity index (χ1n) is 9.08. The fourth-order valence-corrected chi connectivity index (χ4v) is 3.48. The summed E-state index contributed by atoms with van der Waals surface area (Å²) in [5, 5.41) is 0. The van der Waals surface area contributed by atoms with E-state index in [-0.39, 0.29) is 0 Å². The smallest absolute Gasteiger partial charge is 0.159 e. The van der Waals surface area contributed by atoms with E-state index in [9.17, 15) is 8.78 Å². The van der Waals surface area contributed by atoms with E-state index in [0.29, 0.717) is 17.2 Å². The molecular weight excluding hydrogens is 316 g/mol. The summed E-state index contributed by atoms with van der Waals surface area (Å²) in [4.78, 5) is 4.33. The van der Waals surface area contributed by atoms with E-state index in [1.165, 1.54) is 44.6 Å². The zero-order valence-corrected chi connectivity index (χ0v) is 14.6. The molecular formula is C22H23F2N. The molecule has 2 aromatic rings. The number of rotatable bonds is 3. The fourth-order valence-electron chi connectivity index (χ4n) is 3.48. The lowest BCUT2D eigenvalue weighted by Crippen LogP contribution is -2.13. The average Bonchev–Trinajstić information content (AvgIpc) is 2.64. The maximum atomic E-state index is 13.3. The van der Waals surface area contributed by atoms with Crippen LogP contribution in [0.2, 0.25) is 0 Å². The van der Waals surface area contributed by atoms with Crippen LogP contribution in [0.1, 0.15) is 51.0 Å². The van der Waals surface area contributed by atoms with Gasteiger partial charge in [-0.2, -0.15) is 0 Å². The minimum absolute atomic E-state index is 0.485. The summed E-state index contributed by atoms with van der Waals surface area (Å²) in [5.74, 6) is 6.26. The van der Waals surface area contributed by atoms with Crippen molar-refractivity contribution in [3.8, 4) is 23.1 Å². The van der Waals surface area contributed by atoms with Crippen molar-refractivity contribution in [1.29, 1.82) is 0 Å². The Balaban J connectivity index is 1.63. The van der Waals surface area contributed by atoms with Crippen LogP contribution in [0.25, 0.3) is 11.3 Å². The monoisotopic (exact) mass is 339 g/mol. The quantitative estimate of drug-likeness (QED) is 0.626. The molecule has 0 radical (unpaired) electrons. The molecule has 1 aromatic carbocycles. The first kappa shape index (κ1) is 17.6. The van der Waals surface area contributed by atoms with Gasteiger partial charge in [0.1, 0.15) is 0 Å². The van der Waals surface area contributed by atoms with Crippen molar-refractivity contribution in [3.63, 3.8) is 0 Å². The van der Waals surface area contributed by atoms with Crippen LogP contribution in [0, 0.1) is 35.3 Å². The molecule has 130 valence electrons.